The first-order valence-electron chi connectivity index (χ1n) is 6.48. The lowest BCUT2D eigenvalue weighted by molar-refractivity contribution is -0.120. The van der Waals surface area contributed by atoms with Gasteiger partial charge in [0.25, 0.3) is 5.91 Å². The predicted molar refractivity (Wildman–Crippen MR) is 76.9 cm³/mol. The van der Waals surface area contributed by atoms with E-state index >= 15 is 0 Å². The topological polar surface area (TPSA) is 58.2 Å². The molecule has 0 saturated heterocycles. The molecule has 0 aromatic heterocycles. The number of hydrogen-bond donors (Lipinski definition) is 2. The molecule has 19 heavy (non-hydrogen) atoms. The summed E-state index contributed by atoms with van der Waals surface area (Å²) in [6.07, 6.45) is 4.45. The Bertz CT molecular complexity index is 453. The first kappa shape index (κ1) is 14.1. The summed E-state index contributed by atoms with van der Waals surface area (Å²) in [6, 6.07) is 7.32. The summed E-state index contributed by atoms with van der Waals surface area (Å²) in [7, 11) is 0. The lowest BCUT2D eigenvalue weighted by atomic mass is 10.2. The molecule has 0 unspecified atom stereocenters. The number of rotatable bonds is 4. The largest absolute Gasteiger partial charge is 0.352 e. The van der Waals surface area contributed by atoms with E-state index in [9.17, 15) is 9.59 Å². The molecule has 4 nitrogen and oxygen atoms in total. The third kappa shape index (κ3) is 4.35. The van der Waals surface area contributed by atoms with Gasteiger partial charge in [-0.15, -0.1) is 0 Å². The highest BCUT2D eigenvalue weighted by Crippen LogP contribution is 2.17. The monoisotopic (exact) mass is 324 g/mol. The van der Waals surface area contributed by atoms with Crippen LogP contribution in [0.2, 0.25) is 0 Å². The molecule has 1 saturated carbocycles. The van der Waals surface area contributed by atoms with E-state index in [4.69, 9.17) is 0 Å². The fourth-order valence-corrected chi connectivity index (χ4v) is 2.48. The van der Waals surface area contributed by atoms with Crippen molar-refractivity contribution >= 4 is 27.7 Å². The predicted octanol–water partition coefficient (Wildman–Crippen LogP) is 2.24. The van der Waals surface area contributed by atoms with Gasteiger partial charge < -0.3 is 10.6 Å². The van der Waals surface area contributed by atoms with Gasteiger partial charge in [0.15, 0.2) is 0 Å². The van der Waals surface area contributed by atoms with Gasteiger partial charge in [0.1, 0.15) is 0 Å². The summed E-state index contributed by atoms with van der Waals surface area (Å²) >= 11 is 3.31. The van der Waals surface area contributed by atoms with Crippen LogP contribution in [0, 0.1) is 0 Å². The highest BCUT2D eigenvalue weighted by atomic mass is 79.9. The zero-order valence-corrected chi connectivity index (χ0v) is 12.2. The highest BCUT2D eigenvalue weighted by Gasteiger charge is 2.17. The van der Waals surface area contributed by atoms with Crippen LogP contribution in [0.4, 0.5) is 0 Å². The zero-order chi connectivity index (χ0) is 13.7. The Balaban J connectivity index is 1.76. The molecule has 1 aliphatic rings. The Hall–Kier alpha value is -1.36. The molecule has 1 aliphatic carbocycles. The fraction of sp³-hybridized carbons (Fsp3) is 0.429. The number of hydrogen-bond acceptors (Lipinski definition) is 2. The van der Waals surface area contributed by atoms with Crippen LogP contribution in [-0.2, 0) is 4.79 Å². The first-order valence-corrected chi connectivity index (χ1v) is 7.27. The van der Waals surface area contributed by atoms with Gasteiger partial charge in [0.2, 0.25) is 5.91 Å². The van der Waals surface area contributed by atoms with Crippen LogP contribution >= 0.6 is 15.9 Å². The second-order valence-electron chi connectivity index (χ2n) is 4.74. The molecule has 0 aliphatic heterocycles. The lowest BCUT2D eigenvalue weighted by Gasteiger charge is -2.12. The SMILES string of the molecule is O=C(CNC(=O)c1ccc(Br)cc1)NC1CCCC1. The van der Waals surface area contributed by atoms with E-state index in [1.807, 2.05) is 0 Å². The Kier molecular flexibility index (Phi) is 4.96. The Morgan fingerprint density at radius 1 is 1.16 bits per heavy atom. The molecular formula is C14H17BrN2O2. The number of halogens is 1. The third-order valence-corrected chi connectivity index (χ3v) is 3.76. The van der Waals surface area contributed by atoms with E-state index in [1.165, 1.54) is 12.8 Å². The molecule has 0 atom stereocenters. The molecule has 0 radical (unpaired) electrons. The maximum Gasteiger partial charge on any atom is 0.251 e. The second-order valence-corrected chi connectivity index (χ2v) is 5.65. The van der Waals surface area contributed by atoms with Gasteiger partial charge in [0.05, 0.1) is 6.54 Å². The van der Waals surface area contributed by atoms with E-state index in [0.29, 0.717) is 5.56 Å². The van der Waals surface area contributed by atoms with Crippen molar-refractivity contribution in [1.29, 1.82) is 0 Å². The summed E-state index contributed by atoms with van der Waals surface area (Å²) in [5.41, 5.74) is 0.553. The van der Waals surface area contributed by atoms with E-state index in [2.05, 4.69) is 26.6 Å². The van der Waals surface area contributed by atoms with Crippen molar-refractivity contribution in [3.63, 3.8) is 0 Å². The molecular weight excluding hydrogens is 308 g/mol. The average Bonchev–Trinajstić information content (AvgIpc) is 2.89. The van der Waals surface area contributed by atoms with Gasteiger partial charge in [-0.25, -0.2) is 0 Å². The minimum absolute atomic E-state index is 0.0331. The minimum atomic E-state index is -0.228. The highest BCUT2D eigenvalue weighted by molar-refractivity contribution is 9.10. The molecule has 2 N–H and O–H groups in total. The quantitative estimate of drug-likeness (QED) is 0.892. The molecule has 102 valence electrons. The lowest BCUT2D eigenvalue weighted by Crippen LogP contribution is -2.40. The number of carbonyl (C=O) groups excluding carboxylic acids is 2. The van der Waals surface area contributed by atoms with Crippen LogP contribution in [0.25, 0.3) is 0 Å². The van der Waals surface area contributed by atoms with Crippen molar-refractivity contribution in [2.45, 2.75) is 31.7 Å². The van der Waals surface area contributed by atoms with Gasteiger partial charge in [-0.2, -0.15) is 0 Å². The number of benzene rings is 1. The molecule has 5 heteroatoms. The fourth-order valence-electron chi connectivity index (χ4n) is 2.21. The Labute approximate surface area is 121 Å². The smallest absolute Gasteiger partial charge is 0.251 e. The maximum absolute atomic E-state index is 11.8. The average molecular weight is 325 g/mol. The van der Waals surface area contributed by atoms with Gasteiger partial charge in [0, 0.05) is 16.1 Å². The summed E-state index contributed by atoms with van der Waals surface area (Å²) in [4.78, 5) is 23.4. The van der Waals surface area contributed by atoms with Crippen LogP contribution in [0.15, 0.2) is 28.7 Å². The molecule has 1 fully saturated rings. The minimum Gasteiger partial charge on any atom is -0.352 e. The van der Waals surface area contributed by atoms with Gasteiger partial charge in [-0.3, -0.25) is 9.59 Å². The van der Waals surface area contributed by atoms with Crippen molar-refractivity contribution in [1.82, 2.24) is 10.6 Å². The van der Waals surface area contributed by atoms with Gasteiger partial charge >= 0.3 is 0 Å². The maximum atomic E-state index is 11.8. The molecule has 2 rings (SSSR count). The number of nitrogens with one attached hydrogen (secondary N) is 2. The van der Waals surface area contributed by atoms with Crippen molar-refractivity contribution in [3.05, 3.63) is 34.3 Å². The van der Waals surface area contributed by atoms with E-state index in [-0.39, 0.29) is 24.4 Å². The van der Waals surface area contributed by atoms with Crippen LogP contribution in [-0.4, -0.2) is 24.4 Å². The van der Waals surface area contributed by atoms with E-state index < -0.39 is 0 Å². The molecule has 0 bridgehead atoms. The molecule has 0 spiro atoms. The van der Waals surface area contributed by atoms with Gasteiger partial charge in [-0.05, 0) is 37.1 Å². The standard InChI is InChI=1S/C14H17BrN2O2/c15-11-7-5-10(6-8-11)14(19)16-9-13(18)17-12-3-1-2-4-12/h5-8,12H,1-4,9H2,(H,16,19)(H,17,18). The third-order valence-electron chi connectivity index (χ3n) is 3.24. The summed E-state index contributed by atoms with van der Waals surface area (Å²) in [6.45, 7) is 0.0331. The molecule has 1 aromatic rings. The zero-order valence-electron chi connectivity index (χ0n) is 10.6. The second kappa shape index (κ2) is 6.70. The first-order chi connectivity index (χ1) is 9.15. The van der Waals surface area contributed by atoms with Crippen LogP contribution in [0.5, 0.6) is 0 Å². The van der Waals surface area contributed by atoms with Crippen molar-refractivity contribution in [3.8, 4) is 0 Å². The number of amides is 2. The normalized spacial score (nSPS) is 15.2. The van der Waals surface area contributed by atoms with E-state index in [1.54, 1.807) is 24.3 Å². The summed E-state index contributed by atoms with van der Waals surface area (Å²) in [5, 5.41) is 5.56. The van der Waals surface area contributed by atoms with Crippen LogP contribution < -0.4 is 10.6 Å². The molecule has 2 amide bonds. The Morgan fingerprint density at radius 3 is 2.42 bits per heavy atom. The van der Waals surface area contributed by atoms with Crippen molar-refractivity contribution < 1.29 is 9.59 Å². The van der Waals surface area contributed by atoms with Gasteiger partial charge in [-0.1, -0.05) is 28.8 Å². The molecule has 1 aromatic carbocycles. The van der Waals surface area contributed by atoms with Crippen LogP contribution in [0.1, 0.15) is 36.0 Å². The number of carbonyl (C=O) groups is 2. The summed E-state index contributed by atoms with van der Waals surface area (Å²) in [5.74, 6) is -0.341. The van der Waals surface area contributed by atoms with Crippen molar-refractivity contribution in [2.75, 3.05) is 6.54 Å². The summed E-state index contributed by atoms with van der Waals surface area (Å²) < 4.78 is 0.919. The molecule has 0 heterocycles. The van der Waals surface area contributed by atoms with E-state index in [0.717, 1.165) is 17.3 Å². The van der Waals surface area contributed by atoms with Crippen molar-refractivity contribution in [2.24, 2.45) is 0 Å². The Morgan fingerprint density at radius 2 is 1.79 bits per heavy atom. The van der Waals surface area contributed by atoms with Crippen LogP contribution in [0.3, 0.4) is 0 Å².